The van der Waals surface area contributed by atoms with Crippen LogP contribution in [0.15, 0.2) is 53.4 Å². The van der Waals surface area contributed by atoms with Crippen molar-refractivity contribution in [3.8, 4) is 0 Å². The average molecular weight is 265 g/mol. The number of furan rings is 1. The summed E-state index contributed by atoms with van der Waals surface area (Å²) in [4.78, 5) is 20.0. The van der Waals surface area contributed by atoms with Gasteiger partial charge in [0.2, 0.25) is 0 Å². The fraction of sp³-hybridized carbons (Fsp3) is 0. The second kappa shape index (κ2) is 4.97. The van der Waals surface area contributed by atoms with E-state index in [0.29, 0.717) is 11.5 Å². The highest BCUT2D eigenvalue weighted by Crippen LogP contribution is 2.19. The van der Waals surface area contributed by atoms with Crippen LogP contribution in [-0.4, -0.2) is 15.9 Å². The number of nitrogens with two attached hydrogens (primary N) is 1. The van der Waals surface area contributed by atoms with Crippen molar-refractivity contribution in [1.82, 2.24) is 9.97 Å². The second-order valence-corrected chi connectivity index (χ2v) is 4.20. The number of primary amides is 1. The highest BCUT2D eigenvalue weighted by Gasteiger charge is 2.11. The average Bonchev–Trinajstić information content (AvgIpc) is 2.98. The quantitative estimate of drug-likeness (QED) is 0.736. The Morgan fingerprint density at radius 2 is 2.15 bits per heavy atom. The van der Waals surface area contributed by atoms with Crippen LogP contribution >= 0.6 is 0 Å². The number of aromatic nitrogens is 2. The van der Waals surface area contributed by atoms with Crippen molar-refractivity contribution >= 4 is 28.5 Å². The maximum Gasteiger partial charge on any atom is 0.252 e. The van der Waals surface area contributed by atoms with Crippen LogP contribution in [0.2, 0.25) is 0 Å². The van der Waals surface area contributed by atoms with Crippen LogP contribution in [0.1, 0.15) is 11.5 Å². The molecule has 0 saturated heterocycles. The maximum atomic E-state index is 11.5. The summed E-state index contributed by atoms with van der Waals surface area (Å²) in [5.41, 5.74) is 7.11. The molecule has 5 nitrogen and oxygen atoms in total. The molecule has 3 rings (SSSR count). The molecule has 0 radical (unpaired) electrons. The molecule has 2 N–H and O–H groups in total. The summed E-state index contributed by atoms with van der Waals surface area (Å²) in [5.74, 6) is -0.134. The predicted molar refractivity (Wildman–Crippen MR) is 75.3 cm³/mol. The number of hydrogen-bond acceptors (Lipinski definition) is 4. The summed E-state index contributed by atoms with van der Waals surface area (Å²) in [5, 5.41) is 0.934. The Morgan fingerprint density at radius 1 is 1.25 bits per heavy atom. The topological polar surface area (TPSA) is 82.0 Å². The van der Waals surface area contributed by atoms with Gasteiger partial charge < -0.3 is 10.2 Å². The SMILES string of the molecule is NC(=O)C(=Cc1ccc2cnccc2n1)c1ccco1. The van der Waals surface area contributed by atoms with Gasteiger partial charge in [0, 0.05) is 17.8 Å². The van der Waals surface area contributed by atoms with Gasteiger partial charge in [0.1, 0.15) is 5.76 Å². The minimum atomic E-state index is -0.559. The number of hydrogen-bond donors (Lipinski definition) is 1. The van der Waals surface area contributed by atoms with Gasteiger partial charge in [-0.25, -0.2) is 4.98 Å². The van der Waals surface area contributed by atoms with Gasteiger partial charge in [0.15, 0.2) is 0 Å². The number of nitrogens with zero attached hydrogens (tertiary/aromatic N) is 2. The summed E-state index contributed by atoms with van der Waals surface area (Å²) >= 11 is 0. The van der Waals surface area contributed by atoms with Gasteiger partial charge in [-0.1, -0.05) is 0 Å². The molecule has 0 spiro atoms. The smallest absolute Gasteiger partial charge is 0.252 e. The number of pyridine rings is 2. The number of rotatable bonds is 3. The lowest BCUT2D eigenvalue weighted by Crippen LogP contribution is -2.12. The number of carbonyl (C=O) groups is 1. The molecule has 20 heavy (non-hydrogen) atoms. The van der Waals surface area contributed by atoms with Crippen molar-refractivity contribution in [3.05, 3.63) is 60.4 Å². The van der Waals surface area contributed by atoms with E-state index in [0.717, 1.165) is 10.9 Å². The fourth-order valence-corrected chi connectivity index (χ4v) is 1.90. The first-order chi connectivity index (χ1) is 9.74. The van der Waals surface area contributed by atoms with Crippen LogP contribution < -0.4 is 5.73 Å². The number of amides is 1. The summed E-state index contributed by atoms with van der Waals surface area (Å²) < 4.78 is 5.21. The molecule has 3 heterocycles. The molecule has 3 aromatic heterocycles. The third-order valence-corrected chi connectivity index (χ3v) is 2.86. The molecule has 0 saturated carbocycles. The zero-order valence-corrected chi connectivity index (χ0v) is 10.5. The maximum absolute atomic E-state index is 11.5. The Balaban J connectivity index is 2.09. The fourth-order valence-electron chi connectivity index (χ4n) is 1.90. The Hall–Kier alpha value is -2.95. The van der Waals surface area contributed by atoms with Gasteiger partial charge >= 0.3 is 0 Å². The van der Waals surface area contributed by atoms with Crippen LogP contribution in [0.4, 0.5) is 0 Å². The molecule has 3 aromatic rings. The minimum absolute atomic E-state index is 0.288. The zero-order valence-electron chi connectivity index (χ0n) is 10.5. The molecule has 0 aromatic carbocycles. The van der Waals surface area contributed by atoms with Gasteiger partial charge in [-0.3, -0.25) is 9.78 Å². The molecule has 1 amide bonds. The first kappa shape index (κ1) is 12.1. The largest absolute Gasteiger partial charge is 0.464 e. The molecule has 0 atom stereocenters. The molecule has 0 aliphatic rings. The molecule has 5 heteroatoms. The first-order valence-electron chi connectivity index (χ1n) is 6.00. The normalized spacial score (nSPS) is 11.7. The van der Waals surface area contributed by atoms with E-state index in [1.165, 1.54) is 6.26 Å². The second-order valence-electron chi connectivity index (χ2n) is 4.20. The van der Waals surface area contributed by atoms with Crippen molar-refractivity contribution in [3.63, 3.8) is 0 Å². The van der Waals surface area contributed by atoms with Gasteiger partial charge in [0.05, 0.1) is 23.0 Å². The molecule has 0 aliphatic heterocycles. The molecule has 0 aliphatic carbocycles. The number of fused-ring (bicyclic) bond motifs is 1. The van der Waals surface area contributed by atoms with E-state index in [9.17, 15) is 4.79 Å². The van der Waals surface area contributed by atoms with Gasteiger partial charge in [-0.2, -0.15) is 0 Å². The van der Waals surface area contributed by atoms with E-state index in [1.54, 1.807) is 36.7 Å². The lowest BCUT2D eigenvalue weighted by molar-refractivity contribution is -0.112. The van der Waals surface area contributed by atoms with E-state index in [2.05, 4.69) is 9.97 Å². The van der Waals surface area contributed by atoms with Crippen LogP contribution in [0.3, 0.4) is 0 Å². The molecular formula is C15H11N3O2. The van der Waals surface area contributed by atoms with E-state index >= 15 is 0 Å². The van der Waals surface area contributed by atoms with Crippen molar-refractivity contribution in [2.24, 2.45) is 5.73 Å². The van der Waals surface area contributed by atoms with Gasteiger partial charge in [-0.15, -0.1) is 0 Å². The van der Waals surface area contributed by atoms with Crippen molar-refractivity contribution in [2.75, 3.05) is 0 Å². The lowest BCUT2D eigenvalue weighted by atomic mass is 10.1. The van der Waals surface area contributed by atoms with Crippen LogP contribution in [0.25, 0.3) is 22.6 Å². The molecule has 0 fully saturated rings. The Morgan fingerprint density at radius 3 is 2.90 bits per heavy atom. The highest BCUT2D eigenvalue weighted by atomic mass is 16.3. The summed E-state index contributed by atoms with van der Waals surface area (Å²) in [6.07, 6.45) is 6.51. The Labute approximate surface area is 114 Å². The van der Waals surface area contributed by atoms with E-state index in [1.807, 2.05) is 12.1 Å². The lowest BCUT2D eigenvalue weighted by Gasteiger charge is -2.01. The third kappa shape index (κ3) is 2.29. The number of carbonyl (C=O) groups excluding carboxylic acids is 1. The zero-order chi connectivity index (χ0) is 13.9. The van der Waals surface area contributed by atoms with E-state index < -0.39 is 5.91 Å². The van der Waals surface area contributed by atoms with Gasteiger partial charge in [-0.05, 0) is 36.4 Å². The molecule has 0 unspecified atom stereocenters. The summed E-state index contributed by atoms with van der Waals surface area (Å²) in [7, 11) is 0. The predicted octanol–water partition coefficient (Wildman–Crippen LogP) is 2.25. The standard InChI is InChI=1S/C15H11N3O2/c16-15(19)12(14-2-1-7-20-14)8-11-4-3-10-9-17-6-5-13(10)18-11/h1-9H,(H2,16,19). The molecule has 98 valence electrons. The third-order valence-electron chi connectivity index (χ3n) is 2.86. The minimum Gasteiger partial charge on any atom is -0.464 e. The Kier molecular flexibility index (Phi) is 3.01. The summed E-state index contributed by atoms with van der Waals surface area (Å²) in [6, 6.07) is 8.88. The van der Waals surface area contributed by atoms with Crippen LogP contribution in [-0.2, 0) is 4.79 Å². The van der Waals surface area contributed by atoms with E-state index in [-0.39, 0.29) is 5.57 Å². The van der Waals surface area contributed by atoms with Crippen molar-refractivity contribution in [2.45, 2.75) is 0 Å². The first-order valence-corrected chi connectivity index (χ1v) is 6.00. The van der Waals surface area contributed by atoms with Gasteiger partial charge in [0.25, 0.3) is 5.91 Å². The van der Waals surface area contributed by atoms with Crippen LogP contribution in [0, 0.1) is 0 Å². The monoisotopic (exact) mass is 265 g/mol. The van der Waals surface area contributed by atoms with Crippen LogP contribution in [0.5, 0.6) is 0 Å². The van der Waals surface area contributed by atoms with E-state index in [4.69, 9.17) is 10.2 Å². The molecular weight excluding hydrogens is 254 g/mol. The highest BCUT2D eigenvalue weighted by molar-refractivity contribution is 6.22. The Bertz CT molecular complexity index is 792. The molecule has 0 bridgehead atoms. The van der Waals surface area contributed by atoms with Crippen molar-refractivity contribution < 1.29 is 9.21 Å². The van der Waals surface area contributed by atoms with Crippen molar-refractivity contribution in [1.29, 1.82) is 0 Å². The summed E-state index contributed by atoms with van der Waals surface area (Å²) in [6.45, 7) is 0.